The standard InChI is InChI=1S/C28H34N4O6S/c1-17(2)12-22(30-26(34)24(16-39)32-28(37)38-15-18-8-4-3-5-9-18)25(33)31-23(27(35)36)13-19-14-29-21-11-7-6-10-20(19)21/h3-11,14,17,22-24,29,39H,12-13,15-16H2,1-2H3,(H,30,34)(H,31,33)(H,32,37)(H,35,36)/t22-,23-,24-/m0/s1. The molecule has 2 aromatic carbocycles. The molecule has 39 heavy (non-hydrogen) atoms. The Bertz CT molecular complexity index is 1280. The number of aromatic nitrogens is 1. The molecule has 5 N–H and O–H groups in total. The Balaban J connectivity index is 1.63. The van der Waals surface area contributed by atoms with Crippen molar-refractivity contribution in [1.29, 1.82) is 0 Å². The highest BCUT2D eigenvalue weighted by molar-refractivity contribution is 7.80. The molecule has 0 radical (unpaired) electrons. The van der Waals surface area contributed by atoms with E-state index in [4.69, 9.17) is 4.74 Å². The minimum Gasteiger partial charge on any atom is -0.480 e. The summed E-state index contributed by atoms with van der Waals surface area (Å²) >= 11 is 4.16. The minimum absolute atomic E-state index is 0.0104. The molecule has 3 amide bonds. The molecule has 0 fully saturated rings. The number of fused-ring (bicyclic) bond motifs is 1. The van der Waals surface area contributed by atoms with E-state index in [-0.39, 0.29) is 31.1 Å². The van der Waals surface area contributed by atoms with Crippen LogP contribution in [0, 0.1) is 5.92 Å². The number of benzene rings is 2. The highest BCUT2D eigenvalue weighted by Gasteiger charge is 2.30. The maximum absolute atomic E-state index is 13.2. The summed E-state index contributed by atoms with van der Waals surface area (Å²) in [5.41, 5.74) is 2.39. The van der Waals surface area contributed by atoms with Crippen molar-refractivity contribution in [2.24, 2.45) is 5.92 Å². The normalized spacial score (nSPS) is 13.3. The van der Waals surface area contributed by atoms with Crippen LogP contribution in [0.4, 0.5) is 4.79 Å². The highest BCUT2D eigenvalue weighted by atomic mass is 32.1. The van der Waals surface area contributed by atoms with E-state index in [0.29, 0.717) is 0 Å². The second kappa shape index (κ2) is 14.2. The van der Waals surface area contributed by atoms with Crippen LogP contribution >= 0.6 is 12.6 Å². The lowest BCUT2D eigenvalue weighted by atomic mass is 10.0. The fraction of sp³-hybridized carbons (Fsp3) is 0.357. The van der Waals surface area contributed by atoms with Crippen molar-refractivity contribution >= 4 is 47.4 Å². The van der Waals surface area contributed by atoms with Crippen molar-refractivity contribution in [2.45, 2.75) is 51.4 Å². The Labute approximate surface area is 232 Å². The lowest BCUT2D eigenvalue weighted by Crippen LogP contribution is -2.56. The Hall–Kier alpha value is -3.99. The Kier molecular flexibility index (Phi) is 10.8. The van der Waals surface area contributed by atoms with Gasteiger partial charge in [0.25, 0.3) is 0 Å². The number of ether oxygens (including phenoxy) is 1. The first-order valence-corrected chi connectivity index (χ1v) is 13.3. The van der Waals surface area contributed by atoms with Gasteiger partial charge in [0.2, 0.25) is 11.8 Å². The second-order valence-corrected chi connectivity index (χ2v) is 9.96. The monoisotopic (exact) mass is 554 g/mol. The number of rotatable bonds is 13. The Morgan fingerprint density at radius 3 is 2.21 bits per heavy atom. The summed E-state index contributed by atoms with van der Waals surface area (Å²) < 4.78 is 5.18. The van der Waals surface area contributed by atoms with Gasteiger partial charge in [-0.15, -0.1) is 0 Å². The number of carbonyl (C=O) groups is 4. The third-order valence-corrected chi connectivity index (χ3v) is 6.42. The number of carboxylic acids is 1. The number of carboxylic acid groups (broad SMARTS) is 1. The number of thiol groups is 1. The molecule has 0 aliphatic rings. The van der Waals surface area contributed by atoms with Crippen LogP contribution in [0.2, 0.25) is 0 Å². The van der Waals surface area contributed by atoms with E-state index < -0.39 is 42.0 Å². The van der Waals surface area contributed by atoms with Gasteiger partial charge in [-0.1, -0.05) is 62.4 Å². The van der Waals surface area contributed by atoms with E-state index in [2.05, 4.69) is 33.6 Å². The number of hydrogen-bond acceptors (Lipinski definition) is 6. The van der Waals surface area contributed by atoms with E-state index in [1.54, 1.807) is 18.3 Å². The number of aromatic amines is 1. The first-order valence-electron chi connectivity index (χ1n) is 12.6. The van der Waals surface area contributed by atoms with Crippen LogP contribution in [0.1, 0.15) is 31.4 Å². The summed E-state index contributed by atoms with van der Waals surface area (Å²) in [7, 11) is 0. The number of hydrogen-bond donors (Lipinski definition) is 6. The van der Waals surface area contributed by atoms with Crippen LogP contribution in [-0.2, 0) is 32.1 Å². The third kappa shape index (κ3) is 8.78. The van der Waals surface area contributed by atoms with Gasteiger partial charge in [-0.3, -0.25) is 9.59 Å². The van der Waals surface area contributed by atoms with Crippen LogP contribution in [0.3, 0.4) is 0 Å². The smallest absolute Gasteiger partial charge is 0.408 e. The molecule has 3 aromatic rings. The van der Waals surface area contributed by atoms with Gasteiger partial charge >= 0.3 is 12.1 Å². The molecule has 0 bridgehead atoms. The van der Waals surface area contributed by atoms with Crippen molar-refractivity contribution in [3.8, 4) is 0 Å². The number of nitrogens with one attached hydrogen (secondary N) is 4. The Morgan fingerprint density at radius 1 is 0.897 bits per heavy atom. The number of para-hydroxylation sites is 1. The molecule has 0 spiro atoms. The van der Waals surface area contributed by atoms with Crippen molar-refractivity contribution < 1.29 is 29.0 Å². The summed E-state index contributed by atoms with van der Waals surface area (Å²) in [6.07, 6.45) is 1.23. The zero-order valence-electron chi connectivity index (χ0n) is 21.8. The topological polar surface area (TPSA) is 150 Å². The van der Waals surface area contributed by atoms with Gasteiger partial charge in [0.05, 0.1) is 0 Å². The molecule has 11 heteroatoms. The average Bonchev–Trinajstić information content (AvgIpc) is 3.32. The van der Waals surface area contributed by atoms with Gasteiger partial charge in [-0.25, -0.2) is 9.59 Å². The summed E-state index contributed by atoms with van der Waals surface area (Å²) in [5.74, 6) is -2.49. The van der Waals surface area contributed by atoms with E-state index in [1.165, 1.54) is 0 Å². The fourth-order valence-corrected chi connectivity index (χ4v) is 4.33. The second-order valence-electron chi connectivity index (χ2n) is 9.59. The molecule has 10 nitrogen and oxygen atoms in total. The van der Waals surface area contributed by atoms with E-state index in [1.807, 2.05) is 56.3 Å². The van der Waals surface area contributed by atoms with E-state index >= 15 is 0 Å². The summed E-state index contributed by atoms with van der Waals surface area (Å²) in [6, 6.07) is 13.2. The summed E-state index contributed by atoms with van der Waals surface area (Å²) in [4.78, 5) is 53.5. The van der Waals surface area contributed by atoms with Gasteiger partial charge in [-0.2, -0.15) is 12.6 Å². The first kappa shape index (κ1) is 29.6. The van der Waals surface area contributed by atoms with Gasteiger partial charge in [-0.05, 0) is 29.5 Å². The van der Waals surface area contributed by atoms with Gasteiger partial charge in [0.15, 0.2) is 0 Å². The van der Waals surface area contributed by atoms with Crippen molar-refractivity contribution in [1.82, 2.24) is 20.9 Å². The molecule has 0 saturated carbocycles. The lowest BCUT2D eigenvalue weighted by Gasteiger charge is -2.25. The van der Waals surface area contributed by atoms with Crippen LogP contribution in [0.15, 0.2) is 60.8 Å². The quantitative estimate of drug-likeness (QED) is 0.179. The molecule has 0 saturated heterocycles. The molecule has 1 heterocycles. The largest absolute Gasteiger partial charge is 0.480 e. The third-order valence-electron chi connectivity index (χ3n) is 6.06. The number of carbonyl (C=O) groups excluding carboxylic acids is 3. The number of amides is 3. The van der Waals surface area contributed by atoms with E-state index in [0.717, 1.165) is 22.0 Å². The zero-order chi connectivity index (χ0) is 28.4. The van der Waals surface area contributed by atoms with Crippen molar-refractivity contribution in [3.05, 3.63) is 71.9 Å². The van der Waals surface area contributed by atoms with Crippen LogP contribution < -0.4 is 16.0 Å². The molecule has 208 valence electrons. The maximum Gasteiger partial charge on any atom is 0.408 e. The first-order chi connectivity index (χ1) is 18.7. The molecular formula is C28H34N4O6S. The predicted octanol–water partition coefficient (Wildman–Crippen LogP) is 3.04. The van der Waals surface area contributed by atoms with Gasteiger partial charge in [0.1, 0.15) is 24.7 Å². The predicted molar refractivity (Wildman–Crippen MR) is 150 cm³/mol. The number of alkyl carbamates (subject to hydrolysis) is 1. The lowest BCUT2D eigenvalue weighted by molar-refractivity contribution is -0.142. The average molecular weight is 555 g/mol. The molecular weight excluding hydrogens is 520 g/mol. The molecule has 3 rings (SSSR count). The summed E-state index contributed by atoms with van der Waals surface area (Å²) in [5, 5.41) is 18.4. The van der Waals surface area contributed by atoms with Crippen molar-refractivity contribution in [3.63, 3.8) is 0 Å². The summed E-state index contributed by atoms with van der Waals surface area (Å²) in [6.45, 7) is 3.78. The molecule has 0 aliphatic carbocycles. The van der Waals surface area contributed by atoms with Crippen molar-refractivity contribution in [2.75, 3.05) is 5.75 Å². The van der Waals surface area contributed by atoms with Gasteiger partial charge in [0, 0.05) is 29.3 Å². The van der Waals surface area contributed by atoms with Crippen LogP contribution in [0.25, 0.3) is 10.9 Å². The molecule has 1 aromatic heterocycles. The maximum atomic E-state index is 13.2. The van der Waals surface area contributed by atoms with Gasteiger partial charge < -0.3 is 30.8 Å². The SMILES string of the molecule is CC(C)C[C@H](NC(=O)[C@H](CS)NC(=O)OCc1ccccc1)C(=O)N[C@@H](Cc1c[nH]c2ccccc12)C(=O)O. The molecule has 0 aliphatic heterocycles. The minimum atomic E-state index is -1.21. The highest BCUT2D eigenvalue weighted by Crippen LogP contribution is 2.19. The number of aliphatic carboxylic acids is 1. The van der Waals surface area contributed by atoms with Crippen LogP contribution in [-0.4, -0.2) is 57.8 Å². The zero-order valence-corrected chi connectivity index (χ0v) is 22.7. The molecule has 3 atom stereocenters. The Morgan fingerprint density at radius 2 is 1.54 bits per heavy atom. The number of H-pyrrole nitrogens is 1. The fourth-order valence-electron chi connectivity index (χ4n) is 4.07. The van der Waals surface area contributed by atoms with E-state index in [9.17, 15) is 24.3 Å². The molecule has 0 unspecified atom stereocenters. The van der Waals surface area contributed by atoms with Crippen LogP contribution in [0.5, 0.6) is 0 Å².